The zero-order valence-electron chi connectivity index (χ0n) is 5.92. The zero-order valence-corrected chi connectivity index (χ0v) is 5.92. The average Bonchev–Trinajstić information content (AvgIpc) is 1.88. The van der Waals surface area contributed by atoms with Crippen molar-refractivity contribution < 1.29 is 10.5 Å². The number of hydrogen-bond acceptors (Lipinski definition) is 1. The van der Waals surface area contributed by atoms with Gasteiger partial charge in [0.1, 0.15) is 0 Å². The van der Waals surface area contributed by atoms with Gasteiger partial charge in [0.2, 0.25) is 0 Å². The van der Waals surface area contributed by atoms with Crippen molar-refractivity contribution >= 4 is 5.91 Å². The summed E-state index contributed by atoms with van der Waals surface area (Å²) in [6.07, 6.45) is 0. The largest absolute Gasteiger partial charge is 0.340 e. The highest BCUT2D eigenvalue weighted by molar-refractivity contribution is 5.85. The van der Waals surface area contributed by atoms with Gasteiger partial charge >= 0.3 is 5.91 Å². The number of carbonyl (C=O) groups is 1. The lowest BCUT2D eigenvalue weighted by Crippen LogP contribution is -2.56. The Morgan fingerprint density at radius 1 is 1.30 bits per heavy atom. The van der Waals surface area contributed by atoms with Gasteiger partial charge in [-0.05, 0) is 19.1 Å². The summed E-state index contributed by atoms with van der Waals surface area (Å²) in [5.41, 5.74) is 5.13. The third-order valence-corrected chi connectivity index (χ3v) is 1.37. The molecule has 2 nitrogen and oxygen atoms in total. The van der Waals surface area contributed by atoms with Crippen LogP contribution in [0.2, 0.25) is 0 Å². The molecule has 0 atom stereocenters. The second-order valence-corrected chi connectivity index (χ2v) is 2.29. The smallest absolute Gasteiger partial charge is 0.290 e. The summed E-state index contributed by atoms with van der Waals surface area (Å²) in [7, 11) is 0. The Morgan fingerprint density at radius 3 is 2.20 bits per heavy atom. The van der Waals surface area contributed by atoms with Crippen molar-refractivity contribution in [1.29, 1.82) is 0 Å². The molecule has 52 valence electrons. The van der Waals surface area contributed by atoms with Gasteiger partial charge in [0.25, 0.3) is 0 Å². The summed E-state index contributed by atoms with van der Waals surface area (Å²) >= 11 is 0. The molecule has 0 saturated heterocycles. The SMILES string of the molecule is Cc1ccc(C([NH3+])=O)cc1. The van der Waals surface area contributed by atoms with Crippen molar-refractivity contribution in [3.8, 4) is 0 Å². The summed E-state index contributed by atoms with van der Waals surface area (Å²) in [4.78, 5) is 10.6. The number of benzene rings is 1. The molecule has 0 unspecified atom stereocenters. The Labute approximate surface area is 59.7 Å². The van der Waals surface area contributed by atoms with Gasteiger partial charge in [-0.15, -0.1) is 0 Å². The van der Waals surface area contributed by atoms with Crippen LogP contribution in [-0.2, 0) is 0 Å². The van der Waals surface area contributed by atoms with Gasteiger partial charge in [-0.25, -0.2) is 4.79 Å². The standard InChI is InChI=1S/C8H9NO/c1-6-2-4-7(5-3-6)8(9)10/h2-5H,1H3,(H2,9,10)/p+1. The molecule has 0 radical (unpaired) electrons. The monoisotopic (exact) mass is 136 g/mol. The van der Waals surface area contributed by atoms with Crippen molar-refractivity contribution in [3.05, 3.63) is 35.4 Å². The molecular weight excluding hydrogens is 126 g/mol. The van der Waals surface area contributed by atoms with Crippen LogP contribution in [0, 0.1) is 6.92 Å². The van der Waals surface area contributed by atoms with E-state index in [1.165, 1.54) is 0 Å². The fraction of sp³-hybridized carbons (Fsp3) is 0.125. The van der Waals surface area contributed by atoms with Gasteiger partial charge in [0.05, 0.1) is 5.56 Å². The summed E-state index contributed by atoms with van der Waals surface area (Å²) in [5, 5.41) is 0. The molecule has 0 aliphatic rings. The first-order valence-corrected chi connectivity index (χ1v) is 3.13. The van der Waals surface area contributed by atoms with E-state index in [0.29, 0.717) is 5.56 Å². The topological polar surface area (TPSA) is 44.7 Å². The molecule has 1 aromatic carbocycles. The first-order valence-electron chi connectivity index (χ1n) is 3.13. The van der Waals surface area contributed by atoms with Crippen LogP contribution in [0.5, 0.6) is 0 Å². The fourth-order valence-corrected chi connectivity index (χ4v) is 0.739. The van der Waals surface area contributed by atoms with Crippen LogP contribution >= 0.6 is 0 Å². The molecule has 1 amide bonds. The number of hydrogen-bond donors (Lipinski definition) is 1. The first-order chi connectivity index (χ1) is 4.70. The van der Waals surface area contributed by atoms with E-state index in [-0.39, 0.29) is 5.91 Å². The minimum Gasteiger partial charge on any atom is -0.290 e. The first kappa shape index (κ1) is 6.96. The fourth-order valence-electron chi connectivity index (χ4n) is 0.739. The van der Waals surface area contributed by atoms with Crippen molar-refractivity contribution in [2.45, 2.75) is 6.92 Å². The molecule has 0 aliphatic carbocycles. The van der Waals surface area contributed by atoms with E-state index in [9.17, 15) is 4.79 Å². The number of quaternary nitrogens is 1. The molecule has 10 heavy (non-hydrogen) atoms. The molecule has 2 heteroatoms. The maximum absolute atomic E-state index is 10.6. The van der Waals surface area contributed by atoms with Gasteiger partial charge in [0, 0.05) is 0 Å². The number of aryl methyl sites for hydroxylation is 1. The van der Waals surface area contributed by atoms with Crippen LogP contribution in [0.25, 0.3) is 0 Å². The highest BCUT2D eigenvalue weighted by Crippen LogP contribution is 2.00. The lowest BCUT2D eigenvalue weighted by Gasteiger charge is -1.91. The Hall–Kier alpha value is -1.15. The summed E-state index contributed by atoms with van der Waals surface area (Å²) in [6, 6.07) is 7.37. The highest BCUT2D eigenvalue weighted by Gasteiger charge is 2.00. The maximum atomic E-state index is 10.6. The Bertz CT molecular complexity index is 238. The van der Waals surface area contributed by atoms with Crippen LogP contribution < -0.4 is 5.73 Å². The van der Waals surface area contributed by atoms with Crippen LogP contribution in [0.4, 0.5) is 0 Å². The predicted octanol–water partition coefficient (Wildman–Crippen LogP) is 0.377. The van der Waals surface area contributed by atoms with Crippen molar-refractivity contribution in [2.24, 2.45) is 0 Å². The summed E-state index contributed by atoms with van der Waals surface area (Å²) < 4.78 is 0. The highest BCUT2D eigenvalue weighted by atomic mass is 16.1. The molecule has 0 heterocycles. The van der Waals surface area contributed by atoms with Gasteiger partial charge < -0.3 is 0 Å². The van der Waals surface area contributed by atoms with E-state index >= 15 is 0 Å². The average molecular weight is 136 g/mol. The van der Waals surface area contributed by atoms with Crippen molar-refractivity contribution in [2.75, 3.05) is 0 Å². The number of rotatable bonds is 1. The van der Waals surface area contributed by atoms with E-state index in [4.69, 9.17) is 0 Å². The van der Waals surface area contributed by atoms with Gasteiger partial charge in [-0.3, -0.25) is 5.73 Å². The summed E-state index contributed by atoms with van der Waals surface area (Å²) in [6.45, 7) is 1.98. The van der Waals surface area contributed by atoms with E-state index in [1.54, 1.807) is 12.1 Å². The molecule has 0 aliphatic heterocycles. The van der Waals surface area contributed by atoms with E-state index in [1.807, 2.05) is 19.1 Å². The molecule has 1 aromatic rings. The van der Waals surface area contributed by atoms with Crippen LogP contribution in [0.3, 0.4) is 0 Å². The summed E-state index contributed by atoms with van der Waals surface area (Å²) in [5.74, 6) is -0.125. The minimum atomic E-state index is -0.125. The predicted molar refractivity (Wildman–Crippen MR) is 38.4 cm³/mol. The van der Waals surface area contributed by atoms with E-state index < -0.39 is 0 Å². The van der Waals surface area contributed by atoms with Crippen molar-refractivity contribution in [3.63, 3.8) is 0 Å². The molecular formula is C8H10NO+. The molecule has 0 bridgehead atoms. The number of amides is 1. The third kappa shape index (κ3) is 1.42. The maximum Gasteiger partial charge on any atom is 0.340 e. The van der Waals surface area contributed by atoms with Gasteiger partial charge in [-0.2, -0.15) is 0 Å². The third-order valence-electron chi connectivity index (χ3n) is 1.37. The minimum absolute atomic E-state index is 0.125. The molecule has 0 saturated carbocycles. The lowest BCUT2D eigenvalue weighted by molar-refractivity contribution is -0.255. The second kappa shape index (κ2) is 2.62. The van der Waals surface area contributed by atoms with E-state index in [0.717, 1.165) is 5.56 Å². The Kier molecular flexibility index (Phi) is 1.83. The molecule has 0 aromatic heterocycles. The second-order valence-electron chi connectivity index (χ2n) is 2.29. The Morgan fingerprint density at radius 2 is 1.80 bits per heavy atom. The van der Waals surface area contributed by atoms with Gasteiger partial charge in [-0.1, -0.05) is 17.7 Å². The lowest BCUT2D eigenvalue weighted by atomic mass is 10.1. The number of carbonyl (C=O) groups excluding carboxylic acids is 1. The quantitative estimate of drug-likeness (QED) is 0.596. The van der Waals surface area contributed by atoms with Crippen LogP contribution in [0.15, 0.2) is 24.3 Å². The Balaban J connectivity index is 3.00. The van der Waals surface area contributed by atoms with E-state index in [2.05, 4.69) is 5.73 Å². The van der Waals surface area contributed by atoms with Crippen molar-refractivity contribution in [1.82, 2.24) is 0 Å². The van der Waals surface area contributed by atoms with Gasteiger partial charge in [0.15, 0.2) is 0 Å². The molecule has 0 fully saturated rings. The van der Waals surface area contributed by atoms with Crippen LogP contribution in [0.1, 0.15) is 15.9 Å². The molecule has 3 N–H and O–H groups in total. The van der Waals surface area contributed by atoms with Crippen LogP contribution in [-0.4, -0.2) is 5.91 Å². The molecule has 1 rings (SSSR count). The zero-order chi connectivity index (χ0) is 7.56. The normalized spacial score (nSPS) is 9.40. The molecule has 0 spiro atoms.